The molecule has 8 heteroatoms. The lowest BCUT2D eigenvalue weighted by molar-refractivity contribution is 0.100. The van der Waals surface area contributed by atoms with Crippen LogP contribution in [-0.4, -0.2) is 65.6 Å². The first-order chi connectivity index (χ1) is 18.1. The Morgan fingerprint density at radius 3 is 1.68 bits per heavy atom. The highest BCUT2D eigenvalue weighted by atomic mass is 32.2. The van der Waals surface area contributed by atoms with Gasteiger partial charge in [0.15, 0.2) is 0 Å². The minimum absolute atomic E-state index is 0.174. The van der Waals surface area contributed by atoms with Gasteiger partial charge in [0.1, 0.15) is 0 Å². The topological polar surface area (TPSA) is 73.3 Å². The van der Waals surface area contributed by atoms with E-state index in [1.807, 2.05) is 86.5 Å². The van der Waals surface area contributed by atoms with Crippen molar-refractivity contribution < 1.29 is 13.2 Å². The lowest BCUT2D eigenvalue weighted by Crippen LogP contribution is -2.36. The van der Waals surface area contributed by atoms with Crippen LogP contribution in [0.4, 0.5) is 11.4 Å². The van der Waals surface area contributed by atoms with E-state index in [9.17, 15) is 13.2 Å². The molecule has 0 N–H and O–H groups in total. The molecule has 0 spiro atoms. The van der Waals surface area contributed by atoms with Crippen LogP contribution in [0.2, 0.25) is 0 Å². The van der Waals surface area contributed by atoms with Gasteiger partial charge in [-0.15, -0.1) is 0 Å². The Morgan fingerprint density at radius 2 is 1.21 bits per heavy atom. The number of piperidine rings is 1. The van der Waals surface area contributed by atoms with Crippen molar-refractivity contribution in [3.05, 3.63) is 89.0 Å². The number of rotatable bonds is 7. The molecule has 38 heavy (non-hydrogen) atoms. The average Bonchev–Trinajstić information content (AvgIpc) is 2.92. The Bertz CT molecular complexity index is 1370. The fourth-order valence-corrected chi connectivity index (χ4v) is 6.32. The molecule has 1 amide bonds. The number of hydrogen-bond acceptors (Lipinski definition) is 5. The standard InChI is InChI=1S/C30H36N4O3S/c1-22-9-10-25(21-28(22)38(36,37)34-19-7-6-8-20-34)30(35)31-29(23-11-15-26(16-12-23)32(2)3)24-13-17-27(18-14-24)33(4)5/h9-18,21H,6-8,19-20H2,1-5H3. The number of anilines is 2. The third-order valence-electron chi connectivity index (χ3n) is 6.90. The first-order valence-corrected chi connectivity index (χ1v) is 14.3. The number of amides is 1. The molecule has 200 valence electrons. The van der Waals surface area contributed by atoms with E-state index in [1.54, 1.807) is 19.1 Å². The van der Waals surface area contributed by atoms with Crippen molar-refractivity contribution in [2.75, 3.05) is 51.1 Å². The number of benzene rings is 3. The minimum atomic E-state index is -3.68. The normalized spacial score (nSPS) is 14.1. The maximum Gasteiger partial charge on any atom is 0.277 e. The van der Waals surface area contributed by atoms with Gasteiger partial charge in [-0.25, -0.2) is 13.4 Å². The summed E-state index contributed by atoms with van der Waals surface area (Å²) in [7, 11) is 4.21. The molecule has 3 aromatic carbocycles. The zero-order chi connectivity index (χ0) is 27.4. The number of nitrogens with zero attached hydrogens (tertiary/aromatic N) is 4. The second kappa shape index (κ2) is 11.5. The molecule has 0 bridgehead atoms. The molecule has 0 saturated carbocycles. The predicted octanol–water partition coefficient (Wildman–Crippen LogP) is 4.98. The maximum absolute atomic E-state index is 13.5. The monoisotopic (exact) mass is 532 g/mol. The van der Waals surface area contributed by atoms with Gasteiger partial charge < -0.3 is 9.80 Å². The van der Waals surface area contributed by atoms with Crippen LogP contribution in [0.1, 0.15) is 46.3 Å². The van der Waals surface area contributed by atoms with Crippen LogP contribution in [0.5, 0.6) is 0 Å². The summed E-state index contributed by atoms with van der Waals surface area (Å²) in [5, 5.41) is 0. The summed E-state index contributed by atoms with van der Waals surface area (Å²) in [6.07, 6.45) is 2.74. The number of carbonyl (C=O) groups excluding carboxylic acids is 1. The van der Waals surface area contributed by atoms with Crippen LogP contribution in [0.15, 0.2) is 76.6 Å². The zero-order valence-electron chi connectivity index (χ0n) is 22.8. The van der Waals surface area contributed by atoms with Crippen molar-refractivity contribution in [1.29, 1.82) is 0 Å². The van der Waals surface area contributed by atoms with Gasteiger partial charge in [-0.3, -0.25) is 4.79 Å². The van der Waals surface area contributed by atoms with Crippen LogP contribution in [0.25, 0.3) is 0 Å². The fourth-order valence-electron chi connectivity index (χ4n) is 4.55. The molecule has 4 rings (SSSR count). The molecule has 0 unspecified atom stereocenters. The minimum Gasteiger partial charge on any atom is -0.378 e. The van der Waals surface area contributed by atoms with Gasteiger partial charge >= 0.3 is 0 Å². The largest absolute Gasteiger partial charge is 0.378 e. The zero-order valence-corrected chi connectivity index (χ0v) is 23.6. The Hall–Kier alpha value is -3.49. The number of carbonyl (C=O) groups is 1. The van der Waals surface area contributed by atoms with Gasteiger partial charge in [-0.2, -0.15) is 4.31 Å². The van der Waals surface area contributed by atoms with E-state index in [0.29, 0.717) is 24.4 Å². The summed E-state index contributed by atoms with van der Waals surface area (Å²) < 4.78 is 28.3. The fraction of sp³-hybridized carbons (Fsp3) is 0.333. The van der Waals surface area contributed by atoms with E-state index in [0.717, 1.165) is 41.8 Å². The SMILES string of the molecule is Cc1ccc(C(=O)N=C(c2ccc(N(C)C)cc2)c2ccc(N(C)C)cc2)cc1S(=O)(=O)N1CCCCC1. The summed E-state index contributed by atoms with van der Waals surface area (Å²) in [6, 6.07) is 20.5. The first kappa shape index (κ1) is 27.5. The van der Waals surface area contributed by atoms with Crippen molar-refractivity contribution >= 4 is 33.0 Å². The number of aryl methyl sites for hydroxylation is 1. The molecule has 7 nitrogen and oxygen atoms in total. The maximum atomic E-state index is 13.5. The number of sulfonamides is 1. The van der Waals surface area contributed by atoms with Crippen LogP contribution in [0.3, 0.4) is 0 Å². The third kappa shape index (κ3) is 5.97. The summed E-state index contributed by atoms with van der Waals surface area (Å²) >= 11 is 0. The first-order valence-electron chi connectivity index (χ1n) is 12.9. The van der Waals surface area contributed by atoms with Gasteiger partial charge in [0.2, 0.25) is 10.0 Å². The summed E-state index contributed by atoms with van der Waals surface area (Å²) in [5.74, 6) is -0.483. The van der Waals surface area contributed by atoms with Gasteiger partial charge in [-0.05, 0) is 61.7 Å². The molecular weight excluding hydrogens is 496 g/mol. The van der Waals surface area contributed by atoms with Gasteiger partial charge in [-0.1, -0.05) is 36.8 Å². The Balaban J connectivity index is 1.75. The second-order valence-electron chi connectivity index (χ2n) is 10.1. The molecule has 1 fully saturated rings. The van der Waals surface area contributed by atoms with Crippen LogP contribution >= 0.6 is 0 Å². The molecule has 0 atom stereocenters. The van der Waals surface area contributed by atoms with E-state index in [-0.39, 0.29) is 10.5 Å². The van der Waals surface area contributed by atoms with Crippen molar-refractivity contribution in [1.82, 2.24) is 4.31 Å². The van der Waals surface area contributed by atoms with E-state index in [2.05, 4.69) is 4.99 Å². The Morgan fingerprint density at radius 1 is 0.737 bits per heavy atom. The smallest absolute Gasteiger partial charge is 0.277 e. The van der Waals surface area contributed by atoms with E-state index >= 15 is 0 Å². The molecule has 1 aliphatic heterocycles. The molecule has 3 aromatic rings. The summed E-state index contributed by atoms with van der Waals surface area (Å²) in [6.45, 7) is 2.78. The third-order valence-corrected chi connectivity index (χ3v) is 8.94. The lowest BCUT2D eigenvalue weighted by atomic mass is 10.0. The number of aliphatic imine (C=N–C) groups is 1. The van der Waals surface area contributed by atoms with Gasteiger partial charge in [0.25, 0.3) is 5.91 Å². The van der Waals surface area contributed by atoms with E-state index in [4.69, 9.17) is 0 Å². The Kier molecular flexibility index (Phi) is 8.33. The second-order valence-corrected chi connectivity index (χ2v) is 12.0. The molecule has 0 aromatic heterocycles. The van der Waals surface area contributed by atoms with E-state index in [1.165, 1.54) is 10.4 Å². The van der Waals surface area contributed by atoms with Gasteiger partial charge in [0, 0.05) is 69.3 Å². The highest BCUT2D eigenvalue weighted by Gasteiger charge is 2.28. The van der Waals surface area contributed by atoms with Crippen LogP contribution in [-0.2, 0) is 10.0 Å². The van der Waals surface area contributed by atoms with Crippen molar-refractivity contribution in [3.8, 4) is 0 Å². The lowest BCUT2D eigenvalue weighted by Gasteiger charge is -2.26. The Labute approximate surface area is 226 Å². The molecule has 1 heterocycles. The van der Waals surface area contributed by atoms with Crippen molar-refractivity contribution in [3.63, 3.8) is 0 Å². The van der Waals surface area contributed by atoms with E-state index < -0.39 is 15.9 Å². The number of hydrogen-bond donors (Lipinski definition) is 0. The molecular formula is C30H36N4O3S. The quantitative estimate of drug-likeness (QED) is 0.402. The molecule has 1 aliphatic rings. The predicted molar refractivity (Wildman–Crippen MR) is 155 cm³/mol. The molecule has 0 aliphatic carbocycles. The van der Waals surface area contributed by atoms with Crippen LogP contribution < -0.4 is 9.80 Å². The average molecular weight is 533 g/mol. The highest BCUT2D eigenvalue weighted by Crippen LogP contribution is 2.25. The van der Waals surface area contributed by atoms with Gasteiger partial charge in [0.05, 0.1) is 10.6 Å². The highest BCUT2D eigenvalue weighted by molar-refractivity contribution is 7.89. The van der Waals surface area contributed by atoms with Crippen molar-refractivity contribution in [2.45, 2.75) is 31.1 Å². The summed E-state index contributed by atoms with van der Waals surface area (Å²) in [5.41, 5.74) is 5.08. The van der Waals surface area contributed by atoms with Crippen molar-refractivity contribution in [2.24, 2.45) is 4.99 Å². The molecule has 1 saturated heterocycles. The summed E-state index contributed by atoms with van der Waals surface area (Å²) in [4.78, 5) is 22.2. The molecule has 0 radical (unpaired) electrons. The van der Waals surface area contributed by atoms with Crippen LogP contribution in [0, 0.1) is 6.92 Å².